The van der Waals surface area contributed by atoms with Crippen molar-refractivity contribution in [3.63, 3.8) is 0 Å². The fraction of sp³-hybridized carbons (Fsp3) is 0.619. The van der Waals surface area contributed by atoms with Gasteiger partial charge in [-0.2, -0.15) is 0 Å². The molecule has 8 heteroatoms. The van der Waals surface area contributed by atoms with Gasteiger partial charge in [-0.25, -0.2) is 0 Å². The number of ether oxygens (including phenoxy) is 2. The number of anilines is 1. The molecule has 1 atom stereocenters. The highest BCUT2D eigenvalue weighted by Gasteiger charge is 2.51. The molecule has 8 nitrogen and oxygen atoms in total. The van der Waals surface area contributed by atoms with Crippen LogP contribution in [0.2, 0.25) is 0 Å². The SMILES string of the molecule is COc1ccc([N+](=O)[O-])cc1NC(=O)[C@@H](C)OC(=O)C1C2CC3CC(C2)CC1C3. The molecule has 4 bridgehead atoms. The molecule has 156 valence electrons. The van der Waals surface area contributed by atoms with Crippen LogP contribution in [-0.2, 0) is 14.3 Å². The number of nitro groups is 1. The fourth-order valence-electron chi connectivity index (χ4n) is 5.76. The highest BCUT2D eigenvalue weighted by Crippen LogP contribution is 2.56. The molecule has 4 fully saturated rings. The summed E-state index contributed by atoms with van der Waals surface area (Å²) >= 11 is 0. The summed E-state index contributed by atoms with van der Waals surface area (Å²) in [6.45, 7) is 1.52. The van der Waals surface area contributed by atoms with E-state index in [9.17, 15) is 19.7 Å². The van der Waals surface area contributed by atoms with Gasteiger partial charge in [-0.1, -0.05) is 0 Å². The summed E-state index contributed by atoms with van der Waals surface area (Å²) in [5.41, 5.74) is 0.00330. The van der Waals surface area contributed by atoms with Crippen LogP contribution < -0.4 is 10.1 Å². The number of carbonyl (C=O) groups is 2. The first-order chi connectivity index (χ1) is 13.9. The van der Waals surface area contributed by atoms with E-state index < -0.39 is 16.9 Å². The van der Waals surface area contributed by atoms with Crippen LogP contribution in [0.4, 0.5) is 11.4 Å². The van der Waals surface area contributed by atoms with Crippen molar-refractivity contribution in [1.29, 1.82) is 0 Å². The maximum atomic E-state index is 12.9. The summed E-state index contributed by atoms with van der Waals surface area (Å²) in [5.74, 6) is 1.63. The molecule has 29 heavy (non-hydrogen) atoms. The highest BCUT2D eigenvalue weighted by molar-refractivity contribution is 5.96. The zero-order chi connectivity index (χ0) is 20.7. The van der Waals surface area contributed by atoms with Crippen molar-refractivity contribution < 1.29 is 24.0 Å². The molecule has 4 saturated carbocycles. The maximum absolute atomic E-state index is 12.9. The van der Waals surface area contributed by atoms with Crippen LogP contribution in [0.3, 0.4) is 0 Å². The van der Waals surface area contributed by atoms with Gasteiger partial charge in [0.25, 0.3) is 11.6 Å². The van der Waals surface area contributed by atoms with Crippen molar-refractivity contribution in [2.24, 2.45) is 29.6 Å². The summed E-state index contributed by atoms with van der Waals surface area (Å²) in [5, 5.41) is 13.6. The average molecular weight is 402 g/mol. The molecule has 4 aliphatic carbocycles. The Hall–Kier alpha value is -2.64. The van der Waals surface area contributed by atoms with Crippen LogP contribution in [0.25, 0.3) is 0 Å². The molecule has 1 amide bonds. The number of hydrogen-bond acceptors (Lipinski definition) is 6. The maximum Gasteiger partial charge on any atom is 0.310 e. The lowest BCUT2D eigenvalue weighted by Crippen LogP contribution is -2.49. The van der Waals surface area contributed by atoms with Crippen molar-refractivity contribution in [3.05, 3.63) is 28.3 Å². The number of nitrogens with zero attached hydrogens (tertiary/aromatic N) is 1. The molecule has 4 aliphatic rings. The first-order valence-corrected chi connectivity index (χ1v) is 10.2. The van der Waals surface area contributed by atoms with Gasteiger partial charge >= 0.3 is 5.97 Å². The van der Waals surface area contributed by atoms with E-state index in [2.05, 4.69) is 5.32 Å². The minimum atomic E-state index is -0.997. The molecule has 0 aliphatic heterocycles. The van der Waals surface area contributed by atoms with Gasteiger partial charge in [-0.3, -0.25) is 19.7 Å². The number of benzene rings is 1. The summed E-state index contributed by atoms with van der Waals surface area (Å²) in [6, 6.07) is 3.94. The Morgan fingerprint density at radius 3 is 2.31 bits per heavy atom. The second-order valence-corrected chi connectivity index (χ2v) is 8.67. The zero-order valence-corrected chi connectivity index (χ0v) is 16.6. The third-order valence-corrected chi connectivity index (χ3v) is 6.81. The smallest absolute Gasteiger partial charge is 0.310 e. The van der Waals surface area contributed by atoms with Crippen molar-refractivity contribution in [2.75, 3.05) is 12.4 Å². The predicted molar refractivity (Wildman–Crippen MR) is 104 cm³/mol. The first-order valence-electron chi connectivity index (χ1n) is 10.2. The van der Waals surface area contributed by atoms with E-state index in [1.165, 1.54) is 38.7 Å². The molecular weight excluding hydrogens is 376 g/mol. The Balaban J connectivity index is 1.40. The Kier molecular flexibility index (Phi) is 5.19. The lowest BCUT2D eigenvalue weighted by Gasteiger charge is -2.53. The molecule has 0 radical (unpaired) electrons. The van der Waals surface area contributed by atoms with Gasteiger partial charge < -0.3 is 14.8 Å². The zero-order valence-electron chi connectivity index (χ0n) is 16.6. The highest BCUT2D eigenvalue weighted by atomic mass is 16.6. The number of amides is 1. The fourth-order valence-corrected chi connectivity index (χ4v) is 5.76. The van der Waals surface area contributed by atoms with E-state index in [0.717, 1.165) is 37.5 Å². The largest absolute Gasteiger partial charge is 0.495 e. The van der Waals surface area contributed by atoms with Gasteiger partial charge in [0.15, 0.2) is 6.10 Å². The summed E-state index contributed by atoms with van der Waals surface area (Å²) in [4.78, 5) is 35.9. The van der Waals surface area contributed by atoms with Crippen LogP contribution in [0.5, 0.6) is 5.75 Å². The van der Waals surface area contributed by atoms with E-state index in [-0.39, 0.29) is 23.3 Å². The number of hydrogen-bond donors (Lipinski definition) is 1. The number of esters is 1. The lowest BCUT2D eigenvalue weighted by atomic mass is 9.52. The molecule has 0 aromatic heterocycles. The average Bonchev–Trinajstić information content (AvgIpc) is 2.66. The topological polar surface area (TPSA) is 108 Å². The molecular formula is C21H26N2O6. The molecule has 0 spiro atoms. The van der Waals surface area contributed by atoms with Crippen LogP contribution >= 0.6 is 0 Å². The number of carbonyl (C=O) groups excluding carboxylic acids is 2. The molecule has 1 N–H and O–H groups in total. The molecule has 0 heterocycles. The molecule has 1 aromatic rings. The molecule has 0 unspecified atom stereocenters. The van der Waals surface area contributed by atoms with Crippen LogP contribution in [-0.4, -0.2) is 30.0 Å². The first kappa shape index (κ1) is 19.7. The molecule has 1 aromatic carbocycles. The summed E-state index contributed by atoms with van der Waals surface area (Å²) in [6.07, 6.45) is 4.69. The number of rotatable bonds is 6. The third kappa shape index (κ3) is 3.80. The van der Waals surface area contributed by atoms with Crippen LogP contribution in [0.15, 0.2) is 18.2 Å². The van der Waals surface area contributed by atoms with E-state index in [4.69, 9.17) is 9.47 Å². The minimum absolute atomic E-state index is 0.106. The van der Waals surface area contributed by atoms with E-state index in [1.807, 2.05) is 0 Å². The Labute approximate surface area is 169 Å². The van der Waals surface area contributed by atoms with E-state index in [0.29, 0.717) is 17.6 Å². The van der Waals surface area contributed by atoms with Gasteiger partial charge in [0.05, 0.1) is 23.6 Å². The number of nitro benzene ring substituents is 1. The monoisotopic (exact) mass is 402 g/mol. The Bertz CT molecular complexity index is 810. The van der Waals surface area contributed by atoms with E-state index in [1.54, 1.807) is 0 Å². The number of methoxy groups -OCH3 is 1. The Morgan fingerprint density at radius 2 is 1.76 bits per heavy atom. The van der Waals surface area contributed by atoms with Crippen molar-refractivity contribution in [2.45, 2.75) is 45.1 Å². The summed E-state index contributed by atoms with van der Waals surface area (Å²) in [7, 11) is 1.41. The van der Waals surface area contributed by atoms with Crippen molar-refractivity contribution in [3.8, 4) is 5.75 Å². The molecule has 0 saturated heterocycles. The second-order valence-electron chi connectivity index (χ2n) is 8.67. The predicted octanol–water partition coefficient (Wildman–Crippen LogP) is 3.55. The van der Waals surface area contributed by atoms with Gasteiger partial charge in [0, 0.05) is 12.1 Å². The van der Waals surface area contributed by atoms with Crippen molar-refractivity contribution in [1.82, 2.24) is 0 Å². The molecule has 5 rings (SSSR count). The number of nitrogens with one attached hydrogen (secondary N) is 1. The van der Waals surface area contributed by atoms with Crippen molar-refractivity contribution >= 4 is 23.3 Å². The second kappa shape index (κ2) is 7.65. The number of non-ortho nitro benzene ring substituents is 1. The minimum Gasteiger partial charge on any atom is -0.495 e. The van der Waals surface area contributed by atoms with Crippen LogP contribution in [0.1, 0.15) is 39.0 Å². The third-order valence-electron chi connectivity index (χ3n) is 6.81. The normalized spacial score (nSPS) is 30.5. The standard InChI is InChI=1S/C21H26N2O6/c1-11(20(24)22-17-10-16(23(26)27)3-4-18(17)28-2)29-21(25)19-14-6-12-5-13(8-14)9-15(19)7-12/h3-4,10-15,19H,5-9H2,1-2H3,(H,22,24)/t11-,12?,13?,14?,15?,19?/m1/s1. The van der Waals surface area contributed by atoms with Gasteiger partial charge in [-0.15, -0.1) is 0 Å². The van der Waals surface area contributed by atoms with E-state index >= 15 is 0 Å². The van der Waals surface area contributed by atoms with Crippen LogP contribution in [0, 0.1) is 39.7 Å². The van der Waals surface area contributed by atoms with Gasteiger partial charge in [-0.05, 0) is 68.8 Å². The Morgan fingerprint density at radius 1 is 1.14 bits per heavy atom. The lowest BCUT2D eigenvalue weighted by molar-refractivity contribution is -0.384. The van der Waals surface area contributed by atoms with Gasteiger partial charge in [0.2, 0.25) is 0 Å². The summed E-state index contributed by atoms with van der Waals surface area (Å²) < 4.78 is 10.7. The quantitative estimate of drug-likeness (QED) is 0.443. The van der Waals surface area contributed by atoms with Gasteiger partial charge in [0.1, 0.15) is 5.75 Å².